The van der Waals surface area contributed by atoms with Gasteiger partial charge in [0.1, 0.15) is 46.3 Å². The van der Waals surface area contributed by atoms with Gasteiger partial charge < -0.3 is 29.7 Å². The third-order valence-corrected chi connectivity index (χ3v) is 7.17. The van der Waals surface area contributed by atoms with Crippen LogP contribution in [0, 0.1) is 51.0 Å². The lowest BCUT2D eigenvalue weighted by Crippen LogP contribution is -2.31. The number of phenols is 2. The van der Waals surface area contributed by atoms with E-state index in [1.165, 1.54) is 83.5 Å². The minimum atomic E-state index is -1.64. The van der Waals surface area contributed by atoms with E-state index in [2.05, 4.69) is 31.9 Å². The normalized spacial score (nSPS) is 9.81. The average molecular weight is 734 g/mol. The van der Waals surface area contributed by atoms with Crippen LogP contribution >= 0.6 is 31.9 Å². The van der Waals surface area contributed by atoms with Crippen LogP contribution in [0.25, 0.3) is 0 Å². The number of aromatic hydroxyl groups is 2. The molecule has 232 valence electrons. The van der Waals surface area contributed by atoms with Gasteiger partial charge in [0.2, 0.25) is 0 Å². The molecule has 0 aliphatic carbocycles. The van der Waals surface area contributed by atoms with E-state index in [9.17, 15) is 17.6 Å². The van der Waals surface area contributed by atoms with Crippen molar-refractivity contribution in [3.05, 3.63) is 109 Å². The van der Waals surface area contributed by atoms with Crippen molar-refractivity contribution in [3.63, 3.8) is 0 Å². The lowest BCUT2D eigenvalue weighted by molar-refractivity contribution is 0.398. The van der Waals surface area contributed by atoms with Crippen LogP contribution in [-0.2, 0) is 0 Å². The molecule has 0 atom stereocenters. The molecular formula is C30H31BBr2F4O6. The Morgan fingerprint density at radius 2 is 1.02 bits per heavy atom. The lowest BCUT2D eigenvalue weighted by Gasteiger charge is -2.10. The highest BCUT2D eigenvalue weighted by atomic mass is 79.9. The molecule has 43 heavy (non-hydrogen) atoms. The summed E-state index contributed by atoms with van der Waals surface area (Å²) in [7, 11) is 1.23. The van der Waals surface area contributed by atoms with Gasteiger partial charge in [-0.15, -0.1) is 0 Å². The number of halogens is 6. The van der Waals surface area contributed by atoms with Crippen LogP contribution in [0.5, 0.6) is 23.0 Å². The van der Waals surface area contributed by atoms with E-state index in [1.54, 1.807) is 13.0 Å². The predicted octanol–water partition coefficient (Wildman–Crippen LogP) is 7.17. The largest absolute Gasteiger partial charge is 0.508 e. The Morgan fingerprint density at radius 3 is 1.44 bits per heavy atom. The summed E-state index contributed by atoms with van der Waals surface area (Å²) >= 11 is 6.31. The van der Waals surface area contributed by atoms with Crippen molar-refractivity contribution in [2.75, 3.05) is 14.2 Å². The summed E-state index contributed by atoms with van der Waals surface area (Å²) < 4.78 is 61.9. The first kappa shape index (κ1) is 37.8. The number of ether oxygens (including phenoxy) is 2. The van der Waals surface area contributed by atoms with E-state index in [4.69, 9.17) is 29.7 Å². The van der Waals surface area contributed by atoms with Crippen LogP contribution in [0.1, 0.15) is 22.3 Å². The van der Waals surface area contributed by atoms with Gasteiger partial charge in [0.15, 0.2) is 0 Å². The Morgan fingerprint density at radius 1 is 0.581 bits per heavy atom. The van der Waals surface area contributed by atoms with Crippen molar-refractivity contribution < 1.29 is 47.3 Å². The van der Waals surface area contributed by atoms with E-state index in [-0.39, 0.29) is 51.3 Å². The molecule has 0 saturated heterocycles. The summed E-state index contributed by atoms with van der Waals surface area (Å²) in [5.74, 6) is -0.711. The van der Waals surface area contributed by atoms with Crippen molar-refractivity contribution >= 4 is 44.4 Å². The third kappa shape index (κ3) is 10.8. The Balaban J connectivity index is 0.000000289. The van der Waals surface area contributed by atoms with Gasteiger partial charge in [0, 0.05) is 27.7 Å². The quantitative estimate of drug-likeness (QED) is 0.132. The molecule has 4 aromatic rings. The highest BCUT2D eigenvalue weighted by Gasteiger charge is 2.20. The van der Waals surface area contributed by atoms with Gasteiger partial charge in [-0.25, -0.2) is 17.6 Å². The highest BCUT2D eigenvalue weighted by molar-refractivity contribution is 9.10. The fourth-order valence-electron chi connectivity index (χ4n) is 3.29. The highest BCUT2D eigenvalue weighted by Crippen LogP contribution is 2.30. The topological polar surface area (TPSA) is 99.4 Å². The number of phenolic OH excluding ortho intramolecular Hbond substituents is 2. The summed E-state index contributed by atoms with van der Waals surface area (Å²) in [6.45, 7) is 6.25. The van der Waals surface area contributed by atoms with Crippen LogP contribution in [0.3, 0.4) is 0 Å². The Hall–Kier alpha value is -3.26. The van der Waals surface area contributed by atoms with Crippen molar-refractivity contribution in [1.29, 1.82) is 0 Å². The molecular weight excluding hydrogens is 703 g/mol. The molecule has 0 saturated carbocycles. The summed E-state index contributed by atoms with van der Waals surface area (Å²) in [6.07, 6.45) is 0. The predicted molar refractivity (Wildman–Crippen MR) is 166 cm³/mol. The van der Waals surface area contributed by atoms with Gasteiger partial charge in [-0.3, -0.25) is 0 Å². The molecule has 0 aliphatic rings. The molecule has 0 bridgehead atoms. The second-order valence-electron chi connectivity index (χ2n) is 8.74. The molecule has 0 aliphatic heterocycles. The summed E-state index contributed by atoms with van der Waals surface area (Å²) in [5, 5.41) is 35.8. The second-order valence-corrected chi connectivity index (χ2v) is 10.5. The van der Waals surface area contributed by atoms with E-state index >= 15 is 0 Å². The molecule has 4 rings (SSSR count). The molecule has 0 amide bonds. The van der Waals surface area contributed by atoms with Crippen molar-refractivity contribution in [1.82, 2.24) is 0 Å². The molecule has 0 fully saturated rings. The molecule has 6 nitrogen and oxygen atoms in total. The molecule has 0 unspecified atom stereocenters. The third-order valence-electron chi connectivity index (χ3n) is 5.90. The molecule has 13 heteroatoms. The fraction of sp³-hybridized carbons (Fsp3) is 0.200. The molecule has 0 heterocycles. The first-order chi connectivity index (χ1) is 20.1. The first-order valence-electron chi connectivity index (χ1n) is 12.3. The smallest absolute Gasteiger partial charge is 0.492 e. The maximum absolute atomic E-state index is 13.0. The lowest BCUT2D eigenvalue weighted by atomic mass is 9.78. The minimum absolute atomic E-state index is 0.00926. The second kappa shape index (κ2) is 17.8. The summed E-state index contributed by atoms with van der Waals surface area (Å²) in [5.41, 5.74) is 1.54. The Labute approximate surface area is 265 Å². The van der Waals surface area contributed by atoms with E-state index in [0.717, 1.165) is 4.47 Å². The maximum atomic E-state index is 13.0. The SMILES string of the molecule is COc1c(B(O)O)ccc(F)c1C.COc1c(Br)ccc(F)c1C.Cc1c(F)ccc(Br)c1O.Cc1c(O)cccc1F. The van der Waals surface area contributed by atoms with Gasteiger partial charge in [-0.05, 0) is 102 Å². The van der Waals surface area contributed by atoms with E-state index < -0.39 is 12.9 Å². The van der Waals surface area contributed by atoms with Crippen LogP contribution in [-0.4, -0.2) is 41.6 Å². The van der Waals surface area contributed by atoms with Gasteiger partial charge in [-0.2, -0.15) is 0 Å². The maximum Gasteiger partial charge on any atom is 0.492 e. The minimum Gasteiger partial charge on any atom is -0.508 e. The fourth-order valence-corrected chi connectivity index (χ4v) is 4.31. The molecule has 4 aromatic carbocycles. The van der Waals surface area contributed by atoms with Crippen LogP contribution < -0.4 is 14.9 Å². The van der Waals surface area contributed by atoms with Gasteiger partial charge in [-0.1, -0.05) is 12.1 Å². The van der Waals surface area contributed by atoms with E-state index in [0.29, 0.717) is 21.3 Å². The first-order valence-corrected chi connectivity index (χ1v) is 13.9. The summed E-state index contributed by atoms with van der Waals surface area (Å²) in [4.78, 5) is 0. The molecule has 4 N–H and O–H groups in total. The Bertz CT molecular complexity index is 1480. The van der Waals surface area contributed by atoms with Gasteiger partial charge >= 0.3 is 7.12 Å². The number of benzene rings is 4. The zero-order valence-corrected chi connectivity index (χ0v) is 27.3. The zero-order chi connectivity index (χ0) is 33.0. The van der Waals surface area contributed by atoms with Crippen LogP contribution in [0.4, 0.5) is 17.6 Å². The van der Waals surface area contributed by atoms with Gasteiger partial charge in [0.25, 0.3) is 0 Å². The number of hydrogen-bond acceptors (Lipinski definition) is 6. The Kier molecular flexibility index (Phi) is 15.6. The van der Waals surface area contributed by atoms with Crippen LogP contribution in [0.2, 0.25) is 0 Å². The monoisotopic (exact) mass is 732 g/mol. The molecule has 0 spiro atoms. The molecule has 0 radical (unpaired) electrons. The number of hydrogen-bond donors (Lipinski definition) is 4. The standard InChI is InChI=1S/C8H10BFO3.C8H8BrFO.C7H6BrFO.C7H7FO/c1-5-7(10)4-3-6(9(11)12)8(5)13-2;1-5-7(10)4-3-6(9)8(5)11-2;1-4-6(9)3-2-5(8)7(4)10;1-5-6(8)3-2-4-7(5)9/h3-4,11-12H,1-2H3;3-4H,1-2H3;2-3,10H,1H3;2-4,9H,1H3. The molecule has 0 aromatic heterocycles. The van der Waals surface area contributed by atoms with Gasteiger partial charge in [0.05, 0.1) is 23.2 Å². The number of rotatable bonds is 3. The summed E-state index contributed by atoms with van der Waals surface area (Å²) in [6, 6.07) is 12.5. The van der Waals surface area contributed by atoms with Crippen LogP contribution in [0.15, 0.2) is 63.5 Å². The average Bonchev–Trinajstić information content (AvgIpc) is 2.97. The van der Waals surface area contributed by atoms with Crippen molar-refractivity contribution in [2.24, 2.45) is 0 Å². The number of methoxy groups -OCH3 is 2. The zero-order valence-electron chi connectivity index (χ0n) is 24.1. The van der Waals surface area contributed by atoms with E-state index in [1.807, 2.05) is 0 Å². The van der Waals surface area contributed by atoms with Crippen molar-refractivity contribution in [3.8, 4) is 23.0 Å². The van der Waals surface area contributed by atoms with Crippen molar-refractivity contribution in [2.45, 2.75) is 27.7 Å².